The lowest BCUT2D eigenvalue weighted by molar-refractivity contribution is 1.29. The maximum absolute atomic E-state index is 2.38. The summed E-state index contributed by atoms with van der Waals surface area (Å²) in [5.41, 5.74) is 5.97. The first-order valence-corrected chi connectivity index (χ1v) is 13.0. The summed E-state index contributed by atoms with van der Waals surface area (Å²) in [6, 6.07) is 50.2. The molecule has 0 aliphatic heterocycles. The standard InChI is InChI=1S/C34H23NS/c1-3-14-26(15-4-1)35(27-16-5-2-6-17-27)32-23-25-13-8-7-12-24(25)22-31(32)30-20-11-19-29-28-18-9-10-21-33(28)36-34(29)30/h1-23H. The lowest BCUT2D eigenvalue weighted by atomic mass is 9.96. The van der Waals surface area contributed by atoms with Gasteiger partial charge in [-0.3, -0.25) is 0 Å². The molecule has 0 amide bonds. The number of hydrogen-bond donors (Lipinski definition) is 0. The summed E-state index contributed by atoms with van der Waals surface area (Å²) >= 11 is 1.88. The number of nitrogens with zero attached hydrogens (tertiary/aromatic N) is 1. The van der Waals surface area contributed by atoms with Gasteiger partial charge in [0.2, 0.25) is 0 Å². The Hall–Kier alpha value is -4.40. The summed E-state index contributed by atoms with van der Waals surface area (Å²) in [5.74, 6) is 0. The highest BCUT2D eigenvalue weighted by atomic mass is 32.1. The lowest BCUT2D eigenvalue weighted by Crippen LogP contribution is -2.11. The van der Waals surface area contributed by atoms with E-state index in [1.807, 2.05) is 11.3 Å². The Bertz CT molecular complexity index is 1790. The average molecular weight is 478 g/mol. The Labute approximate surface area is 214 Å². The van der Waals surface area contributed by atoms with Gasteiger partial charge in [0.25, 0.3) is 0 Å². The maximum atomic E-state index is 2.38. The van der Waals surface area contributed by atoms with Gasteiger partial charge in [-0.2, -0.15) is 0 Å². The number of hydrogen-bond acceptors (Lipinski definition) is 2. The molecule has 0 saturated heterocycles. The van der Waals surface area contributed by atoms with Gasteiger partial charge in [0.05, 0.1) is 5.69 Å². The Morgan fingerprint density at radius 2 is 1.03 bits per heavy atom. The summed E-state index contributed by atoms with van der Waals surface area (Å²) < 4.78 is 2.65. The topological polar surface area (TPSA) is 3.24 Å². The van der Waals surface area contributed by atoms with E-state index in [0.29, 0.717) is 0 Å². The number of benzene rings is 6. The fourth-order valence-electron chi connectivity index (χ4n) is 5.17. The normalized spacial score (nSPS) is 11.3. The van der Waals surface area contributed by atoms with Crippen LogP contribution in [0.1, 0.15) is 0 Å². The third kappa shape index (κ3) is 3.46. The second-order valence-corrected chi connectivity index (χ2v) is 10.1. The molecule has 7 rings (SSSR count). The van der Waals surface area contributed by atoms with E-state index in [2.05, 4.69) is 144 Å². The van der Waals surface area contributed by atoms with E-state index in [1.54, 1.807) is 0 Å². The van der Waals surface area contributed by atoms with Crippen LogP contribution in [0.2, 0.25) is 0 Å². The first-order valence-electron chi connectivity index (χ1n) is 12.2. The molecule has 0 unspecified atom stereocenters. The van der Waals surface area contributed by atoms with Crippen LogP contribution in [-0.2, 0) is 0 Å². The van der Waals surface area contributed by atoms with Crippen LogP contribution in [0.25, 0.3) is 42.1 Å². The predicted molar refractivity (Wildman–Crippen MR) is 157 cm³/mol. The molecular formula is C34H23NS. The minimum atomic E-state index is 1.14. The van der Waals surface area contributed by atoms with Crippen molar-refractivity contribution in [1.82, 2.24) is 0 Å². The molecule has 0 saturated carbocycles. The second-order valence-electron chi connectivity index (χ2n) is 9.00. The molecule has 0 bridgehead atoms. The molecular weight excluding hydrogens is 454 g/mol. The van der Waals surface area contributed by atoms with Gasteiger partial charge < -0.3 is 4.90 Å². The molecule has 0 atom stereocenters. The summed E-state index contributed by atoms with van der Waals surface area (Å²) in [4.78, 5) is 2.38. The third-order valence-corrected chi connectivity index (χ3v) is 8.05. The average Bonchev–Trinajstić information content (AvgIpc) is 3.33. The molecule has 1 heterocycles. The van der Waals surface area contributed by atoms with Gasteiger partial charge in [0, 0.05) is 42.7 Å². The molecule has 7 aromatic rings. The van der Waals surface area contributed by atoms with Gasteiger partial charge in [0.15, 0.2) is 0 Å². The third-order valence-electron chi connectivity index (χ3n) is 6.83. The number of fused-ring (bicyclic) bond motifs is 4. The van der Waals surface area contributed by atoms with Gasteiger partial charge in [-0.15, -0.1) is 11.3 Å². The number of anilines is 3. The van der Waals surface area contributed by atoms with Crippen molar-refractivity contribution in [2.45, 2.75) is 0 Å². The zero-order chi connectivity index (χ0) is 23.9. The van der Waals surface area contributed by atoms with E-state index in [0.717, 1.165) is 11.4 Å². The van der Waals surface area contributed by atoms with Gasteiger partial charge in [-0.05, 0) is 53.2 Å². The van der Waals surface area contributed by atoms with Crippen molar-refractivity contribution >= 4 is 59.3 Å². The van der Waals surface area contributed by atoms with Crippen LogP contribution in [0.5, 0.6) is 0 Å². The van der Waals surface area contributed by atoms with Crippen LogP contribution in [0, 0.1) is 0 Å². The number of rotatable bonds is 4. The molecule has 1 nitrogen and oxygen atoms in total. The maximum Gasteiger partial charge on any atom is 0.0546 e. The molecule has 170 valence electrons. The molecule has 0 aliphatic carbocycles. The summed E-state index contributed by atoms with van der Waals surface area (Å²) in [7, 11) is 0. The SMILES string of the molecule is c1ccc(N(c2ccccc2)c2cc3ccccc3cc2-c2cccc3c2sc2ccccc23)cc1. The highest BCUT2D eigenvalue weighted by Crippen LogP contribution is 2.46. The Kier molecular flexibility index (Phi) is 5.04. The highest BCUT2D eigenvalue weighted by Gasteiger charge is 2.20. The van der Waals surface area contributed by atoms with E-state index in [9.17, 15) is 0 Å². The molecule has 0 aliphatic rings. The molecule has 0 radical (unpaired) electrons. The minimum Gasteiger partial charge on any atom is -0.310 e. The van der Waals surface area contributed by atoms with Crippen molar-refractivity contribution in [3.05, 3.63) is 140 Å². The first kappa shape index (κ1) is 20.9. The van der Waals surface area contributed by atoms with Crippen LogP contribution < -0.4 is 4.90 Å². The Balaban J connectivity index is 1.58. The molecule has 1 aromatic heterocycles. The van der Waals surface area contributed by atoms with E-state index >= 15 is 0 Å². The fraction of sp³-hybridized carbons (Fsp3) is 0. The van der Waals surface area contributed by atoms with Crippen molar-refractivity contribution in [2.24, 2.45) is 0 Å². The van der Waals surface area contributed by atoms with E-state index in [4.69, 9.17) is 0 Å². The molecule has 6 aromatic carbocycles. The highest BCUT2D eigenvalue weighted by molar-refractivity contribution is 7.26. The zero-order valence-electron chi connectivity index (χ0n) is 19.6. The summed E-state index contributed by atoms with van der Waals surface area (Å²) in [6.07, 6.45) is 0. The van der Waals surface area contributed by atoms with Crippen molar-refractivity contribution < 1.29 is 0 Å². The van der Waals surface area contributed by atoms with E-state index in [-0.39, 0.29) is 0 Å². The van der Waals surface area contributed by atoms with Crippen LogP contribution in [0.15, 0.2) is 140 Å². The minimum absolute atomic E-state index is 1.14. The predicted octanol–water partition coefficient (Wildman–Crippen LogP) is 10.3. The van der Waals surface area contributed by atoms with Gasteiger partial charge >= 0.3 is 0 Å². The van der Waals surface area contributed by atoms with E-state index in [1.165, 1.54) is 47.8 Å². The van der Waals surface area contributed by atoms with Crippen LogP contribution >= 0.6 is 11.3 Å². The van der Waals surface area contributed by atoms with Gasteiger partial charge in [-0.25, -0.2) is 0 Å². The smallest absolute Gasteiger partial charge is 0.0546 e. The molecule has 0 spiro atoms. The van der Waals surface area contributed by atoms with Crippen LogP contribution in [0.4, 0.5) is 17.1 Å². The molecule has 0 fully saturated rings. The number of thiophene rings is 1. The zero-order valence-corrected chi connectivity index (χ0v) is 20.5. The van der Waals surface area contributed by atoms with E-state index < -0.39 is 0 Å². The van der Waals surface area contributed by atoms with Crippen molar-refractivity contribution in [3.8, 4) is 11.1 Å². The number of para-hydroxylation sites is 2. The van der Waals surface area contributed by atoms with Crippen molar-refractivity contribution in [3.63, 3.8) is 0 Å². The van der Waals surface area contributed by atoms with Gasteiger partial charge in [0.1, 0.15) is 0 Å². The summed E-state index contributed by atoms with van der Waals surface area (Å²) in [6.45, 7) is 0. The van der Waals surface area contributed by atoms with Crippen LogP contribution in [0.3, 0.4) is 0 Å². The second kappa shape index (κ2) is 8.67. The quantitative estimate of drug-likeness (QED) is 0.244. The van der Waals surface area contributed by atoms with Gasteiger partial charge in [-0.1, -0.05) is 97.1 Å². The lowest BCUT2D eigenvalue weighted by Gasteiger charge is -2.28. The van der Waals surface area contributed by atoms with Crippen molar-refractivity contribution in [2.75, 3.05) is 4.90 Å². The largest absolute Gasteiger partial charge is 0.310 e. The molecule has 0 N–H and O–H groups in total. The summed E-state index contributed by atoms with van der Waals surface area (Å²) in [5, 5.41) is 5.12. The molecule has 36 heavy (non-hydrogen) atoms. The first-order chi connectivity index (χ1) is 17.9. The Morgan fingerprint density at radius 1 is 0.444 bits per heavy atom. The Morgan fingerprint density at radius 3 is 1.75 bits per heavy atom. The molecule has 2 heteroatoms. The monoisotopic (exact) mass is 477 g/mol. The van der Waals surface area contributed by atoms with Crippen LogP contribution in [-0.4, -0.2) is 0 Å². The fourth-order valence-corrected chi connectivity index (χ4v) is 6.40. The van der Waals surface area contributed by atoms with Crippen molar-refractivity contribution in [1.29, 1.82) is 0 Å².